The van der Waals surface area contributed by atoms with Gasteiger partial charge in [0.2, 0.25) is 5.91 Å². The first-order chi connectivity index (χ1) is 5.16. The summed E-state index contributed by atoms with van der Waals surface area (Å²) in [7, 11) is 0. The van der Waals surface area contributed by atoms with E-state index in [0.29, 0.717) is 24.7 Å². The van der Waals surface area contributed by atoms with Gasteiger partial charge in [-0.05, 0) is 13.3 Å². The zero-order chi connectivity index (χ0) is 8.69. The molecule has 0 radical (unpaired) electrons. The largest absolute Gasteiger partial charge is 0.393 e. The Morgan fingerprint density at radius 2 is 2.36 bits per heavy atom. The maximum absolute atomic E-state index is 10.8. The minimum absolute atomic E-state index is 0.0301. The minimum Gasteiger partial charge on any atom is -0.393 e. The van der Waals surface area contributed by atoms with Gasteiger partial charge in [0.1, 0.15) is 0 Å². The second kappa shape index (κ2) is 6.61. The molecule has 1 unspecified atom stereocenters. The summed E-state index contributed by atoms with van der Waals surface area (Å²) in [4.78, 5) is 10.8. The highest BCUT2D eigenvalue weighted by atomic mass is 79.9. The van der Waals surface area contributed by atoms with Crippen molar-refractivity contribution in [2.75, 3.05) is 11.9 Å². The Kier molecular flexibility index (Phi) is 6.56. The van der Waals surface area contributed by atoms with E-state index in [9.17, 15) is 4.79 Å². The summed E-state index contributed by atoms with van der Waals surface area (Å²) in [5.41, 5.74) is 0. The Balaban J connectivity index is 3.17. The van der Waals surface area contributed by atoms with E-state index in [1.54, 1.807) is 6.92 Å². The first kappa shape index (κ1) is 10.9. The van der Waals surface area contributed by atoms with Crippen molar-refractivity contribution in [1.82, 2.24) is 5.32 Å². The molecule has 0 rings (SSSR count). The van der Waals surface area contributed by atoms with E-state index in [1.165, 1.54) is 0 Å². The summed E-state index contributed by atoms with van der Waals surface area (Å²) >= 11 is 3.16. The summed E-state index contributed by atoms with van der Waals surface area (Å²) in [5.74, 6) is 0.0301. The van der Waals surface area contributed by atoms with Crippen molar-refractivity contribution in [3.63, 3.8) is 0 Å². The van der Waals surface area contributed by atoms with Gasteiger partial charge in [-0.1, -0.05) is 15.9 Å². The lowest BCUT2D eigenvalue weighted by molar-refractivity contribution is -0.120. The van der Waals surface area contributed by atoms with Crippen LogP contribution in [0.4, 0.5) is 0 Å². The van der Waals surface area contributed by atoms with Gasteiger partial charge in [0.15, 0.2) is 0 Å². The van der Waals surface area contributed by atoms with E-state index in [1.807, 2.05) is 0 Å². The van der Waals surface area contributed by atoms with E-state index in [4.69, 9.17) is 5.11 Å². The molecule has 66 valence electrons. The topological polar surface area (TPSA) is 49.3 Å². The summed E-state index contributed by atoms with van der Waals surface area (Å²) in [6.45, 7) is 2.26. The van der Waals surface area contributed by atoms with Crippen LogP contribution in [0.5, 0.6) is 0 Å². The molecule has 0 aliphatic rings. The van der Waals surface area contributed by atoms with Gasteiger partial charge in [0, 0.05) is 18.3 Å². The fourth-order valence-corrected chi connectivity index (χ4v) is 0.955. The molecule has 2 N–H and O–H groups in total. The second-order valence-corrected chi connectivity index (χ2v) is 3.22. The molecule has 1 amide bonds. The number of alkyl halides is 1. The predicted molar refractivity (Wildman–Crippen MR) is 47.7 cm³/mol. The number of rotatable bonds is 5. The van der Waals surface area contributed by atoms with Gasteiger partial charge in [-0.15, -0.1) is 0 Å². The average molecular weight is 224 g/mol. The number of hydrogen-bond donors (Lipinski definition) is 2. The van der Waals surface area contributed by atoms with Crippen LogP contribution in [-0.2, 0) is 4.79 Å². The molecule has 0 bridgehead atoms. The lowest BCUT2D eigenvalue weighted by Gasteiger charge is -2.04. The Morgan fingerprint density at radius 3 is 2.82 bits per heavy atom. The van der Waals surface area contributed by atoms with Crippen molar-refractivity contribution >= 4 is 21.8 Å². The third kappa shape index (κ3) is 7.81. The molecule has 0 aromatic carbocycles. The van der Waals surface area contributed by atoms with Crippen LogP contribution in [0.1, 0.15) is 19.8 Å². The Morgan fingerprint density at radius 1 is 1.73 bits per heavy atom. The molecular formula is C7H14BrNO2. The van der Waals surface area contributed by atoms with E-state index in [-0.39, 0.29) is 12.0 Å². The van der Waals surface area contributed by atoms with Gasteiger partial charge in [0.05, 0.1) is 6.10 Å². The van der Waals surface area contributed by atoms with Crippen molar-refractivity contribution in [3.05, 3.63) is 0 Å². The fraction of sp³-hybridized carbons (Fsp3) is 0.857. The van der Waals surface area contributed by atoms with Crippen molar-refractivity contribution in [2.24, 2.45) is 0 Å². The zero-order valence-electron chi connectivity index (χ0n) is 6.64. The number of aliphatic hydroxyl groups is 1. The summed E-state index contributed by atoms with van der Waals surface area (Å²) in [5, 5.41) is 12.2. The smallest absolute Gasteiger partial charge is 0.220 e. The molecular weight excluding hydrogens is 210 g/mol. The molecule has 0 aliphatic heterocycles. The second-order valence-electron chi connectivity index (χ2n) is 2.43. The van der Waals surface area contributed by atoms with Crippen LogP contribution in [-0.4, -0.2) is 29.0 Å². The molecule has 0 aliphatic carbocycles. The molecule has 0 aromatic rings. The fourth-order valence-electron chi connectivity index (χ4n) is 0.595. The molecule has 11 heavy (non-hydrogen) atoms. The molecule has 0 saturated heterocycles. The molecule has 0 heterocycles. The van der Waals surface area contributed by atoms with Crippen LogP contribution in [0.15, 0.2) is 0 Å². The number of carbonyl (C=O) groups is 1. The molecule has 0 spiro atoms. The third-order valence-electron chi connectivity index (χ3n) is 1.21. The SMILES string of the molecule is CC(O)CCNC(=O)CCBr. The Labute approximate surface area is 75.3 Å². The van der Waals surface area contributed by atoms with Gasteiger partial charge in [-0.3, -0.25) is 4.79 Å². The van der Waals surface area contributed by atoms with Gasteiger partial charge in [0.25, 0.3) is 0 Å². The third-order valence-corrected chi connectivity index (χ3v) is 1.60. The maximum atomic E-state index is 10.8. The van der Waals surface area contributed by atoms with E-state index >= 15 is 0 Å². The van der Waals surface area contributed by atoms with Crippen LogP contribution in [0.25, 0.3) is 0 Å². The van der Waals surface area contributed by atoms with Crippen molar-refractivity contribution < 1.29 is 9.90 Å². The van der Waals surface area contributed by atoms with Gasteiger partial charge in [-0.25, -0.2) is 0 Å². The first-order valence-electron chi connectivity index (χ1n) is 3.67. The lowest BCUT2D eigenvalue weighted by Crippen LogP contribution is -2.26. The summed E-state index contributed by atoms with van der Waals surface area (Å²) in [6, 6.07) is 0. The first-order valence-corrected chi connectivity index (χ1v) is 4.79. The average Bonchev–Trinajstić information content (AvgIpc) is 1.87. The standard InChI is InChI=1S/C7H14BrNO2/c1-6(10)3-5-9-7(11)2-4-8/h6,10H,2-5H2,1H3,(H,9,11). The number of nitrogens with one attached hydrogen (secondary N) is 1. The van der Waals surface area contributed by atoms with Crippen LogP contribution in [0.3, 0.4) is 0 Å². The Bertz CT molecular complexity index is 117. The van der Waals surface area contributed by atoms with Crippen LogP contribution in [0.2, 0.25) is 0 Å². The summed E-state index contributed by atoms with van der Waals surface area (Å²) < 4.78 is 0. The van der Waals surface area contributed by atoms with Crippen molar-refractivity contribution in [1.29, 1.82) is 0 Å². The van der Waals surface area contributed by atoms with Crippen molar-refractivity contribution in [3.8, 4) is 0 Å². The molecule has 0 saturated carbocycles. The van der Waals surface area contributed by atoms with Gasteiger partial charge < -0.3 is 10.4 Å². The number of hydrogen-bond acceptors (Lipinski definition) is 2. The highest BCUT2D eigenvalue weighted by molar-refractivity contribution is 9.09. The van der Waals surface area contributed by atoms with Crippen LogP contribution in [0, 0.1) is 0 Å². The number of carbonyl (C=O) groups excluding carboxylic acids is 1. The minimum atomic E-state index is -0.334. The van der Waals surface area contributed by atoms with E-state index < -0.39 is 0 Å². The number of aliphatic hydroxyl groups excluding tert-OH is 1. The molecule has 0 aromatic heterocycles. The van der Waals surface area contributed by atoms with E-state index in [0.717, 1.165) is 0 Å². The summed E-state index contributed by atoms with van der Waals surface area (Å²) in [6.07, 6.45) is 0.785. The van der Waals surface area contributed by atoms with Crippen LogP contribution >= 0.6 is 15.9 Å². The lowest BCUT2D eigenvalue weighted by atomic mass is 10.3. The molecule has 3 nitrogen and oxygen atoms in total. The zero-order valence-corrected chi connectivity index (χ0v) is 8.23. The highest BCUT2D eigenvalue weighted by Crippen LogP contribution is 1.89. The highest BCUT2D eigenvalue weighted by Gasteiger charge is 1.99. The van der Waals surface area contributed by atoms with Gasteiger partial charge in [-0.2, -0.15) is 0 Å². The van der Waals surface area contributed by atoms with Gasteiger partial charge >= 0.3 is 0 Å². The van der Waals surface area contributed by atoms with E-state index in [2.05, 4.69) is 21.2 Å². The normalized spacial score (nSPS) is 12.6. The monoisotopic (exact) mass is 223 g/mol. The molecule has 0 fully saturated rings. The maximum Gasteiger partial charge on any atom is 0.220 e. The predicted octanol–water partition coefficient (Wildman–Crippen LogP) is 0.659. The Hall–Kier alpha value is -0.0900. The molecule has 1 atom stereocenters. The van der Waals surface area contributed by atoms with Crippen molar-refractivity contribution in [2.45, 2.75) is 25.9 Å². The molecule has 4 heteroatoms. The number of halogens is 1. The van der Waals surface area contributed by atoms with Crippen LogP contribution < -0.4 is 5.32 Å². The number of amides is 1. The quantitative estimate of drug-likeness (QED) is 0.674.